The number of rotatable bonds is 8. The Hall–Kier alpha value is -0.810. The molecule has 1 heterocycles. The van der Waals surface area contributed by atoms with E-state index in [1.807, 2.05) is 7.05 Å². The van der Waals surface area contributed by atoms with Crippen LogP contribution in [0.2, 0.25) is 0 Å². The second-order valence-electron chi connectivity index (χ2n) is 5.98. The lowest BCUT2D eigenvalue weighted by Gasteiger charge is -2.21. The maximum atomic E-state index is 4.29. The molecule has 0 aromatic heterocycles. The second kappa shape index (κ2) is 11.8. The van der Waals surface area contributed by atoms with Gasteiger partial charge in [0.05, 0.1) is 0 Å². The Morgan fingerprint density at radius 3 is 2.57 bits per heavy atom. The number of likely N-dealkylation sites (N-methyl/N-ethyl adjacent to an activating group) is 1. The number of unbranched alkanes of at least 4 members (excludes halogenated alkanes) is 3. The molecule has 0 atom stereocenters. The fourth-order valence-corrected chi connectivity index (χ4v) is 2.64. The molecule has 0 saturated carbocycles. The summed E-state index contributed by atoms with van der Waals surface area (Å²) in [4.78, 5) is 9.25. The Morgan fingerprint density at radius 1 is 1.00 bits per heavy atom. The van der Waals surface area contributed by atoms with E-state index in [0.717, 1.165) is 25.6 Å². The summed E-state index contributed by atoms with van der Waals surface area (Å²) in [5, 5.41) is 6.82. The van der Waals surface area contributed by atoms with Crippen molar-refractivity contribution in [3.63, 3.8) is 0 Å². The molecular weight excluding hydrogens is 262 g/mol. The van der Waals surface area contributed by atoms with Crippen molar-refractivity contribution in [3.05, 3.63) is 0 Å². The predicted molar refractivity (Wildman–Crippen MR) is 92.1 cm³/mol. The molecule has 124 valence electrons. The predicted octanol–water partition coefficient (Wildman–Crippen LogP) is 1.37. The van der Waals surface area contributed by atoms with Gasteiger partial charge < -0.3 is 20.4 Å². The summed E-state index contributed by atoms with van der Waals surface area (Å²) in [7, 11) is 4.06. The highest BCUT2D eigenvalue weighted by Gasteiger charge is 2.11. The van der Waals surface area contributed by atoms with Crippen LogP contribution in [0.1, 0.15) is 39.0 Å². The summed E-state index contributed by atoms with van der Waals surface area (Å²) >= 11 is 0. The first-order chi connectivity index (χ1) is 10.3. The van der Waals surface area contributed by atoms with Crippen LogP contribution < -0.4 is 10.6 Å². The monoisotopic (exact) mass is 297 g/mol. The summed E-state index contributed by atoms with van der Waals surface area (Å²) in [5.41, 5.74) is 0. The minimum atomic E-state index is 0.943. The Kier molecular flexibility index (Phi) is 10.3. The highest BCUT2D eigenvalue weighted by atomic mass is 15.2. The molecular formula is C16H35N5. The fourth-order valence-electron chi connectivity index (χ4n) is 2.64. The molecule has 1 rings (SSSR count). The summed E-state index contributed by atoms with van der Waals surface area (Å²) < 4.78 is 0. The maximum absolute atomic E-state index is 4.29. The molecule has 1 fully saturated rings. The van der Waals surface area contributed by atoms with Gasteiger partial charge in [0.25, 0.3) is 0 Å². The van der Waals surface area contributed by atoms with Gasteiger partial charge in [-0.1, -0.05) is 26.2 Å². The van der Waals surface area contributed by atoms with Gasteiger partial charge in [0.2, 0.25) is 0 Å². The van der Waals surface area contributed by atoms with Crippen molar-refractivity contribution in [2.75, 3.05) is 59.9 Å². The van der Waals surface area contributed by atoms with Gasteiger partial charge in [-0.25, -0.2) is 0 Å². The van der Waals surface area contributed by atoms with Crippen LogP contribution >= 0.6 is 0 Å². The van der Waals surface area contributed by atoms with E-state index in [9.17, 15) is 0 Å². The van der Waals surface area contributed by atoms with Gasteiger partial charge in [-0.15, -0.1) is 0 Å². The molecule has 0 aromatic rings. The molecule has 0 radical (unpaired) electrons. The summed E-state index contributed by atoms with van der Waals surface area (Å²) in [6, 6.07) is 0. The molecule has 0 aliphatic carbocycles. The van der Waals surface area contributed by atoms with Gasteiger partial charge in [-0.2, -0.15) is 0 Å². The van der Waals surface area contributed by atoms with E-state index >= 15 is 0 Å². The van der Waals surface area contributed by atoms with E-state index in [4.69, 9.17) is 0 Å². The number of nitrogens with one attached hydrogen (secondary N) is 2. The van der Waals surface area contributed by atoms with Crippen molar-refractivity contribution < 1.29 is 0 Å². The van der Waals surface area contributed by atoms with Crippen LogP contribution in [0.25, 0.3) is 0 Å². The van der Waals surface area contributed by atoms with E-state index in [1.54, 1.807) is 0 Å². The van der Waals surface area contributed by atoms with Crippen LogP contribution in [0.15, 0.2) is 4.99 Å². The Morgan fingerprint density at radius 2 is 1.81 bits per heavy atom. The van der Waals surface area contributed by atoms with E-state index in [0.29, 0.717) is 0 Å². The summed E-state index contributed by atoms with van der Waals surface area (Å²) in [5.74, 6) is 0.943. The lowest BCUT2D eigenvalue weighted by molar-refractivity contribution is 0.280. The molecule has 5 heteroatoms. The van der Waals surface area contributed by atoms with Crippen LogP contribution in [-0.4, -0.2) is 75.7 Å². The van der Waals surface area contributed by atoms with Crippen molar-refractivity contribution >= 4 is 5.96 Å². The quantitative estimate of drug-likeness (QED) is 0.403. The Bertz CT molecular complexity index is 280. The zero-order valence-electron chi connectivity index (χ0n) is 14.3. The van der Waals surface area contributed by atoms with Crippen LogP contribution in [0.4, 0.5) is 0 Å². The standard InChI is InChI=1S/C16H35N5/c1-4-5-6-7-9-18-16(17-2)19-10-13-21-12-8-11-20(3)14-15-21/h4-15H2,1-3H3,(H2,17,18,19). The van der Waals surface area contributed by atoms with E-state index in [2.05, 4.69) is 39.4 Å². The van der Waals surface area contributed by atoms with E-state index in [1.165, 1.54) is 58.3 Å². The average Bonchev–Trinajstić information content (AvgIpc) is 2.70. The fraction of sp³-hybridized carbons (Fsp3) is 0.938. The number of guanidine groups is 1. The highest BCUT2D eigenvalue weighted by Crippen LogP contribution is 2.00. The number of aliphatic imine (C=N–C) groups is 1. The summed E-state index contributed by atoms with van der Waals surface area (Å²) in [6.07, 6.45) is 6.44. The molecule has 21 heavy (non-hydrogen) atoms. The first kappa shape index (κ1) is 18.2. The molecule has 0 amide bonds. The highest BCUT2D eigenvalue weighted by molar-refractivity contribution is 5.79. The van der Waals surface area contributed by atoms with Crippen LogP contribution in [0, 0.1) is 0 Å². The van der Waals surface area contributed by atoms with Gasteiger partial charge in [-0.3, -0.25) is 4.99 Å². The van der Waals surface area contributed by atoms with Gasteiger partial charge >= 0.3 is 0 Å². The first-order valence-electron chi connectivity index (χ1n) is 8.61. The number of hydrogen-bond donors (Lipinski definition) is 2. The third-order valence-electron chi connectivity index (χ3n) is 4.08. The topological polar surface area (TPSA) is 42.9 Å². The molecule has 0 spiro atoms. The molecule has 0 bridgehead atoms. The Labute approximate surface area is 131 Å². The van der Waals surface area contributed by atoms with Crippen molar-refractivity contribution in [1.29, 1.82) is 0 Å². The Balaban J connectivity index is 2.08. The molecule has 5 nitrogen and oxygen atoms in total. The zero-order valence-corrected chi connectivity index (χ0v) is 14.3. The largest absolute Gasteiger partial charge is 0.356 e. The second-order valence-corrected chi connectivity index (χ2v) is 5.98. The van der Waals surface area contributed by atoms with Crippen LogP contribution in [-0.2, 0) is 0 Å². The number of nitrogens with zero attached hydrogens (tertiary/aromatic N) is 3. The van der Waals surface area contributed by atoms with Crippen LogP contribution in [0.3, 0.4) is 0 Å². The van der Waals surface area contributed by atoms with Gasteiger partial charge in [0.15, 0.2) is 5.96 Å². The van der Waals surface area contributed by atoms with Gasteiger partial charge in [-0.05, 0) is 33.0 Å². The number of hydrogen-bond acceptors (Lipinski definition) is 3. The minimum absolute atomic E-state index is 0.943. The lowest BCUT2D eigenvalue weighted by Crippen LogP contribution is -2.42. The smallest absolute Gasteiger partial charge is 0.191 e. The molecule has 0 aromatic carbocycles. The van der Waals surface area contributed by atoms with E-state index in [-0.39, 0.29) is 0 Å². The van der Waals surface area contributed by atoms with E-state index < -0.39 is 0 Å². The third-order valence-corrected chi connectivity index (χ3v) is 4.08. The minimum Gasteiger partial charge on any atom is -0.356 e. The van der Waals surface area contributed by atoms with Gasteiger partial charge in [0.1, 0.15) is 0 Å². The van der Waals surface area contributed by atoms with Crippen molar-refractivity contribution in [1.82, 2.24) is 20.4 Å². The van der Waals surface area contributed by atoms with Crippen molar-refractivity contribution in [3.8, 4) is 0 Å². The zero-order chi connectivity index (χ0) is 15.3. The molecule has 1 aliphatic rings. The SMILES string of the molecule is CCCCCCNC(=NC)NCCN1CCCN(C)CC1. The third kappa shape index (κ3) is 8.94. The van der Waals surface area contributed by atoms with Crippen molar-refractivity contribution in [2.24, 2.45) is 4.99 Å². The molecule has 2 N–H and O–H groups in total. The molecule has 0 unspecified atom stereocenters. The maximum Gasteiger partial charge on any atom is 0.191 e. The molecule has 1 saturated heterocycles. The lowest BCUT2D eigenvalue weighted by atomic mass is 10.2. The van der Waals surface area contributed by atoms with Crippen LogP contribution in [0.5, 0.6) is 0 Å². The van der Waals surface area contributed by atoms with Gasteiger partial charge in [0, 0.05) is 39.8 Å². The average molecular weight is 297 g/mol. The normalized spacial score (nSPS) is 18.5. The summed E-state index contributed by atoms with van der Waals surface area (Å²) in [6.45, 7) is 10.1. The van der Waals surface area contributed by atoms with Crippen molar-refractivity contribution in [2.45, 2.75) is 39.0 Å². The molecule has 1 aliphatic heterocycles. The first-order valence-corrected chi connectivity index (χ1v) is 8.61.